The minimum atomic E-state index is -0.896. The first-order chi connectivity index (χ1) is 13.5. The van der Waals surface area contributed by atoms with Crippen LogP contribution in [0, 0.1) is 11.8 Å². The van der Waals surface area contributed by atoms with Gasteiger partial charge >= 0.3 is 5.97 Å². The van der Waals surface area contributed by atoms with Gasteiger partial charge in [-0.1, -0.05) is 25.7 Å². The van der Waals surface area contributed by atoms with Crippen LogP contribution in [0.5, 0.6) is 0 Å². The van der Waals surface area contributed by atoms with Gasteiger partial charge in [-0.15, -0.1) is 11.3 Å². The minimum absolute atomic E-state index is 0.0833. The highest BCUT2D eigenvalue weighted by Gasteiger charge is 2.37. The number of hydrogen-bond donors (Lipinski definition) is 3. The standard InChI is InChI=1S/C21H28N2O4S/c24-18(13-8-3-4-9-14(13)21(26)27)23-20-17(15-10-5-11-16(15)28-20)19(25)22-12-6-1-2-7-12/h12-14H,1-11H2,(H,22,25)(H,23,24)(H,26,27)/t13-,14+/m0/s1. The molecular formula is C21H28N2O4S. The molecule has 3 aliphatic rings. The Morgan fingerprint density at radius 1 is 0.893 bits per heavy atom. The summed E-state index contributed by atoms with van der Waals surface area (Å²) in [5.74, 6) is -2.38. The van der Waals surface area contributed by atoms with Crippen LogP contribution in [0.25, 0.3) is 0 Å². The average molecular weight is 405 g/mol. The van der Waals surface area contributed by atoms with E-state index in [0.717, 1.165) is 63.4 Å². The number of hydrogen-bond acceptors (Lipinski definition) is 4. The molecule has 3 aliphatic carbocycles. The van der Waals surface area contributed by atoms with Gasteiger partial charge in [0.25, 0.3) is 5.91 Å². The summed E-state index contributed by atoms with van der Waals surface area (Å²) in [4.78, 5) is 38.7. The molecule has 4 rings (SSSR count). The first-order valence-corrected chi connectivity index (χ1v) is 11.4. The topological polar surface area (TPSA) is 95.5 Å². The quantitative estimate of drug-likeness (QED) is 0.697. The van der Waals surface area contributed by atoms with E-state index in [1.165, 1.54) is 16.2 Å². The Labute approximate surface area is 169 Å². The molecular weight excluding hydrogens is 376 g/mol. The van der Waals surface area contributed by atoms with E-state index in [1.807, 2.05) is 0 Å². The highest BCUT2D eigenvalue weighted by molar-refractivity contribution is 7.17. The number of aliphatic carboxylic acids is 1. The van der Waals surface area contributed by atoms with E-state index in [4.69, 9.17) is 0 Å². The second-order valence-electron chi connectivity index (χ2n) is 8.34. The fourth-order valence-electron chi connectivity index (χ4n) is 5.01. The SMILES string of the molecule is O=C(NC1CCCC1)c1c(NC(=O)[C@H]2CCCC[C@H]2C(=O)O)sc2c1CCC2. The van der Waals surface area contributed by atoms with Crippen LogP contribution < -0.4 is 10.6 Å². The molecule has 7 heteroatoms. The monoisotopic (exact) mass is 404 g/mol. The van der Waals surface area contributed by atoms with Gasteiger partial charge in [0, 0.05) is 10.9 Å². The zero-order valence-corrected chi connectivity index (χ0v) is 16.9. The Bertz CT molecular complexity index is 782. The lowest BCUT2D eigenvalue weighted by molar-refractivity contribution is -0.147. The van der Waals surface area contributed by atoms with E-state index >= 15 is 0 Å². The molecule has 1 aromatic heterocycles. The molecule has 0 radical (unpaired) electrons. The van der Waals surface area contributed by atoms with Crippen molar-refractivity contribution in [2.45, 2.75) is 76.7 Å². The molecule has 2 fully saturated rings. The average Bonchev–Trinajstić information content (AvgIpc) is 3.39. The maximum Gasteiger partial charge on any atom is 0.307 e. The van der Waals surface area contributed by atoms with Gasteiger partial charge in [0.2, 0.25) is 5.91 Å². The predicted octanol–water partition coefficient (Wildman–Crippen LogP) is 3.74. The lowest BCUT2D eigenvalue weighted by Crippen LogP contribution is -2.37. The number of aryl methyl sites for hydroxylation is 1. The Kier molecular flexibility index (Phi) is 5.71. The number of carboxylic acids is 1. The lowest BCUT2D eigenvalue weighted by Gasteiger charge is -2.27. The van der Waals surface area contributed by atoms with Crippen molar-refractivity contribution in [1.82, 2.24) is 5.32 Å². The maximum absolute atomic E-state index is 13.0. The fourth-order valence-corrected chi connectivity index (χ4v) is 6.29. The van der Waals surface area contributed by atoms with Crippen LogP contribution in [0.3, 0.4) is 0 Å². The summed E-state index contributed by atoms with van der Waals surface area (Å²) >= 11 is 1.50. The summed E-state index contributed by atoms with van der Waals surface area (Å²) in [7, 11) is 0. The van der Waals surface area contributed by atoms with Crippen LogP contribution in [-0.4, -0.2) is 28.9 Å². The van der Waals surface area contributed by atoms with Crippen LogP contribution in [-0.2, 0) is 22.4 Å². The molecule has 2 atom stereocenters. The summed E-state index contributed by atoms with van der Waals surface area (Å²) < 4.78 is 0. The molecule has 1 heterocycles. The number of anilines is 1. The van der Waals surface area contributed by atoms with Crippen molar-refractivity contribution in [2.75, 3.05) is 5.32 Å². The second-order valence-corrected chi connectivity index (χ2v) is 9.45. The Hall–Kier alpha value is -1.89. The number of carbonyl (C=O) groups is 3. The van der Waals surface area contributed by atoms with Crippen molar-refractivity contribution < 1.29 is 19.5 Å². The number of carbonyl (C=O) groups excluding carboxylic acids is 2. The number of carboxylic acid groups (broad SMARTS) is 1. The van der Waals surface area contributed by atoms with Gasteiger partial charge in [-0.3, -0.25) is 14.4 Å². The molecule has 0 aromatic carbocycles. The second kappa shape index (κ2) is 8.23. The van der Waals surface area contributed by atoms with Gasteiger partial charge in [0.1, 0.15) is 5.00 Å². The molecule has 0 saturated heterocycles. The summed E-state index contributed by atoms with van der Waals surface area (Å²) in [6.45, 7) is 0. The Morgan fingerprint density at radius 3 is 2.29 bits per heavy atom. The van der Waals surface area contributed by atoms with E-state index in [1.54, 1.807) is 0 Å². The number of rotatable bonds is 5. The molecule has 2 amide bonds. The van der Waals surface area contributed by atoms with Crippen LogP contribution in [0.1, 0.15) is 78.6 Å². The normalized spacial score (nSPS) is 24.7. The molecule has 0 aliphatic heterocycles. The van der Waals surface area contributed by atoms with Crippen molar-refractivity contribution in [2.24, 2.45) is 11.8 Å². The van der Waals surface area contributed by atoms with E-state index in [2.05, 4.69) is 10.6 Å². The Morgan fingerprint density at radius 2 is 1.57 bits per heavy atom. The third-order valence-electron chi connectivity index (χ3n) is 6.50. The third-order valence-corrected chi connectivity index (χ3v) is 7.70. The van der Waals surface area contributed by atoms with Gasteiger partial charge < -0.3 is 15.7 Å². The predicted molar refractivity (Wildman–Crippen MR) is 108 cm³/mol. The van der Waals surface area contributed by atoms with E-state index in [9.17, 15) is 19.5 Å². The molecule has 6 nitrogen and oxygen atoms in total. The van der Waals surface area contributed by atoms with Gasteiger partial charge in [-0.05, 0) is 50.5 Å². The van der Waals surface area contributed by atoms with Crippen molar-refractivity contribution in [3.63, 3.8) is 0 Å². The molecule has 0 bridgehead atoms. The van der Waals surface area contributed by atoms with Crippen LogP contribution in [0.4, 0.5) is 5.00 Å². The largest absolute Gasteiger partial charge is 0.481 e. The van der Waals surface area contributed by atoms with Crippen LogP contribution in [0.2, 0.25) is 0 Å². The highest BCUT2D eigenvalue weighted by atomic mass is 32.1. The van der Waals surface area contributed by atoms with Crippen molar-refractivity contribution >= 4 is 34.1 Å². The summed E-state index contributed by atoms with van der Waals surface area (Å²) in [5, 5.41) is 16.2. The minimum Gasteiger partial charge on any atom is -0.481 e. The molecule has 28 heavy (non-hydrogen) atoms. The number of amides is 2. The van der Waals surface area contributed by atoms with Crippen molar-refractivity contribution in [1.29, 1.82) is 0 Å². The van der Waals surface area contributed by atoms with Gasteiger partial charge in [0.05, 0.1) is 17.4 Å². The first-order valence-electron chi connectivity index (χ1n) is 10.5. The highest BCUT2D eigenvalue weighted by Crippen LogP contribution is 2.40. The fraction of sp³-hybridized carbons (Fsp3) is 0.667. The molecule has 1 aromatic rings. The summed E-state index contributed by atoms with van der Waals surface area (Å²) in [6.07, 6.45) is 10.1. The number of nitrogens with one attached hydrogen (secondary N) is 2. The van der Waals surface area contributed by atoms with Gasteiger partial charge in [0.15, 0.2) is 0 Å². The van der Waals surface area contributed by atoms with E-state index in [-0.39, 0.29) is 17.9 Å². The maximum atomic E-state index is 13.0. The van der Waals surface area contributed by atoms with E-state index in [0.29, 0.717) is 23.4 Å². The summed E-state index contributed by atoms with van der Waals surface area (Å²) in [5.41, 5.74) is 1.70. The van der Waals surface area contributed by atoms with E-state index < -0.39 is 17.8 Å². The molecule has 3 N–H and O–H groups in total. The molecule has 2 saturated carbocycles. The van der Waals surface area contributed by atoms with Crippen molar-refractivity contribution in [3.8, 4) is 0 Å². The molecule has 0 spiro atoms. The zero-order chi connectivity index (χ0) is 19.7. The van der Waals surface area contributed by atoms with Crippen LogP contribution >= 0.6 is 11.3 Å². The first kappa shape index (κ1) is 19.4. The third kappa shape index (κ3) is 3.81. The van der Waals surface area contributed by atoms with Gasteiger partial charge in [-0.25, -0.2) is 0 Å². The summed E-state index contributed by atoms with van der Waals surface area (Å²) in [6, 6.07) is 0.225. The lowest BCUT2D eigenvalue weighted by atomic mass is 9.79. The van der Waals surface area contributed by atoms with Crippen molar-refractivity contribution in [3.05, 3.63) is 16.0 Å². The smallest absolute Gasteiger partial charge is 0.307 e. The Balaban J connectivity index is 1.54. The number of fused-ring (bicyclic) bond motifs is 1. The zero-order valence-electron chi connectivity index (χ0n) is 16.1. The molecule has 152 valence electrons. The molecule has 0 unspecified atom stereocenters. The number of thiophene rings is 1. The van der Waals surface area contributed by atoms with Gasteiger partial charge in [-0.2, -0.15) is 0 Å². The van der Waals surface area contributed by atoms with Crippen LogP contribution in [0.15, 0.2) is 0 Å².